The van der Waals surface area contributed by atoms with Gasteiger partial charge in [-0.2, -0.15) is 0 Å². The number of rotatable bonds is 6. The molecule has 5 nitrogen and oxygen atoms in total. The second kappa shape index (κ2) is 7.41. The molecule has 0 unspecified atom stereocenters. The Labute approximate surface area is 113 Å². The third kappa shape index (κ3) is 5.90. The van der Waals surface area contributed by atoms with Gasteiger partial charge in [-0.3, -0.25) is 9.59 Å². The van der Waals surface area contributed by atoms with Crippen molar-refractivity contribution in [3.63, 3.8) is 0 Å². The fourth-order valence-corrected chi connectivity index (χ4v) is 1.49. The smallest absolute Gasteiger partial charge is 0.226 e. The van der Waals surface area contributed by atoms with Gasteiger partial charge in [0.05, 0.1) is 11.8 Å². The highest BCUT2D eigenvalue weighted by Crippen LogP contribution is 2.24. The van der Waals surface area contributed by atoms with Gasteiger partial charge in [-0.25, -0.2) is 0 Å². The van der Waals surface area contributed by atoms with Gasteiger partial charge in [0.25, 0.3) is 0 Å². The Hall–Kier alpha value is -2.04. The third-order valence-corrected chi connectivity index (χ3v) is 2.25. The average Bonchev–Trinajstić information content (AvgIpc) is 2.30. The van der Waals surface area contributed by atoms with Gasteiger partial charge in [-0.15, -0.1) is 0 Å². The molecule has 0 aliphatic heterocycles. The lowest BCUT2D eigenvalue weighted by atomic mass is 10.2. The van der Waals surface area contributed by atoms with Gasteiger partial charge in [-0.05, 0) is 26.0 Å². The van der Waals surface area contributed by atoms with Crippen molar-refractivity contribution in [2.24, 2.45) is 0 Å². The predicted molar refractivity (Wildman–Crippen MR) is 74.1 cm³/mol. The van der Waals surface area contributed by atoms with Gasteiger partial charge in [-0.1, -0.05) is 12.1 Å². The molecule has 5 heteroatoms. The molecule has 0 radical (unpaired) electrons. The first kappa shape index (κ1) is 15.0. The maximum absolute atomic E-state index is 11.7. The van der Waals surface area contributed by atoms with E-state index in [4.69, 9.17) is 4.74 Å². The highest BCUT2D eigenvalue weighted by atomic mass is 16.5. The van der Waals surface area contributed by atoms with Crippen LogP contribution in [0.25, 0.3) is 0 Å². The summed E-state index contributed by atoms with van der Waals surface area (Å²) in [5.74, 6) is 0.343. The second-order valence-corrected chi connectivity index (χ2v) is 4.44. The maximum atomic E-state index is 11.7. The summed E-state index contributed by atoms with van der Waals surface area (Å²) >= 11 is 0. The molecule has 0 saturated heterocycles. The van der Waals surface area contributed by atoms with E-state index in [2.05, 4.69) is 10.6 Å². The summed E-state index contributed by atoms with van der Waals surface area (Å²) in [5.41, 5.74) is 0.643. The average molecular weight is 264 g/mol. The molecule has 0 bridgehead atoms. The van der Waals surface area contributed by atoms with Crippen molar-refractivity contribution >= 4 is 17.5 Å². The van der Waals surface area contributed by atoms with Gasteiger partial charge >= 0.3 is 0 Å². The molecule has 0 atom stereocenters. The van der Waals surface area contributed by atoms with Crippen molar-refractivity contribution in [2.75, 3.05) is 11.9 Å². The summed E-state index contributed by atoms with van der Waals surface area (Å²) in [6.07, 6.45) is 0.271. The zero-order chi connectivity index (χ0) is 14.3. The van der Waals surface area contributed by atoms with Crippen LogP contribution in [0.5, 0.6) is 5.75 Å². The van der Waals surface area contributed by atoms with Crippen LogP contribution in [0.3, 0.4) is 0 Å². The van der Waals surface area contributed by atoms with E-state index in [0.29, 0.717) is 18.0 Å². The summed E-state index contributed by atoms with van der Waals surface area (Å²) < 4.78 is 5.60. The first-order valence-corrected chi connectivity index (χ1v) is 6.29. The first-order chi connectivity index (χ1) is 8.99. The lowest BCUT2D eigenvalue weighted by Gasteiger charge is -2.14. The molecule has 0 spiro atoms. The van der Waals surface area contributed by atoms with E-state index in [9.17, 15) is 9.59 Å². The van der Waals surface area contributed by atoms with E-state index in [0.717, 1.165) is 0 Å². The van der Waals surface area contributed by atoms with E-state index >= 15 is 0 Å². The van der Waals surface area contributed by atoms with Gasteiger partial charge < -0.3 is 15.4 Å². The number of carbonyl (C=O) groups excluding carboxylic acids is 2. The van der Waals surface area contributed by atoms with Crippen LogP contribution in [0.2, 0.25) is 0 Å². The molecule has 2 amide bonds. The number of carbonyl (C=O) groups is 2. The Morgan fingerprint density at radius 2 is 1.95 bits per heavy atom. The largest absolute Gasteiger partial charge is 0.489 e. The van der Waals surface area contributed by atoms with Crippen LogP contribution in [-0.4, -0.2) is 24.5 Å². The monoisotopic (exact) mass is 264 g/mol. The van der Waals surface area contributed by atoms with Crippen molar-refractivity contribution in [1.82, 2.24) is 5.32 Å². The summed E-state index contributed by atoms with van der Waals surface area (Å²) in [6, 6.07) is 7.28. The highest BCUT2D eigenvalue weighted by molar-refractivity contribution is 5.92. The van der Waals surface area contributed by atoms with Crippen molar-refractivity contribution in [2.45, 2.75) is 33.3 Å². The Morgan fingerprint density at radius 3 is 2.58 bits per heavy atom. The number of hydrogen-bond donors (Lipinski definition) is 2. The zero-order valence-electron chi connectivity index (χ0n) is 11.5. The number of para-hydroxylation sites is 2. The van der Waals surface area contributed by atoms with Crippen molar-refractivity contribution in [1.29, 1.82) is 0 Å². The molecule has 1 aromatic carbocycles. The number of nitrogens with one attached hydrogen (secondary N) is 2. The summed E-state index contributed by atoms with van der Waals surface area (Å²) in [4.78, 5) is 22.4. The Bertz CT molecular complexity index is 444. The number of anilines is 1. The standard InChI is InChI=1S/C14H20N2O3/c1-10(2)19-13-7-5-4-6-12(13)16-14(18)8-9-15-11(3)17/h4-7,10H,8-9H2,1-3H3,(H,15,17)(H,16,18). The van der Waals surface area contributed by atoms with E-state index < -0.39 is 0 Å². The minimum absolute atomic E-state index is 0.0393. The van der Waals surface area contributed by atoms with Crippen LogP contribution in [0.15, 0.2) is 24.3 Å². The Balaban J connectivity index is 2.56. The van der Waals surface area contributed by atoms with Gasteiger partial charge in [0.1, 0.15) is 5.75 Å². The first-order valence-electron chi connectivity index (χ1n) is 6.29. The molecule has 1 aromatic rings. The van der Waals surface area contributed by atoms with Gasteiger partial charge in [0.15, 0.2) is 0 Å². The van der Waals surface area contributed by atoms with Crippen LogP contribution in [0.4, 0.5) is 5.69 Å². The third-order valence-electron chi connectivity index (χ3n) is 2.25. The lowest BCUT2D eigenvalue weighted by Crippen LogP contribution is -2.25. The van der Waals surface area contributed by atoms with Crippen LogP contribution in [0, 0.1) is 0 Å². The van der Waals surface area contributed by atoms with Crippen molar-refractivity contribution in [3.8, 4) is 5.75 Å². The summed E-state index contributed by atoms with van der Waals surface area (Å²) in [6.45, 7) is 5.60. The van der Waals surface area contributed by atoms with Gasteiger partial charge in [0.2, 0.25) is 11.8 Å². The molecule has 104 valence electrons. The molecule has 2 N–H and O–H groups in total. The second-order valence-electron chi connectivity index (χ2n) is 4.44. The predicted octanol–water partition coefficient (Wildman–Crippen LogP) is 1.94. The van der Waals surface area contributed by atoms with E-state index in [-0.39, 0.29) is 24.3 Å². The minimum Gasteiger partial charge on any atom is -0.489 e. The molecular weight excluding hydrogens is 244 g/mol. The fourth-order valence-electron chi connectivity index (χ4n) is 1.49. The van der Waals surface area contributed by atoms with Crippen molar-refractivity contribution < 1.29 is 14.3 Å². The van der Waals surface area contributed by atoms with Gasteiger partial charge in [0, 0.05) is 19.9 Å². The number of hydrogen-bond acceptors (Lipinski definition) is 3. The van der Waals surface area contributed by atoms with E-state index in [1.807, 2.05) is 32.0 Å². The van der Waals surface area contributed by atoms with Crippen LogP contribution < -0.4 is 15.4 Å². The number of ether oxygens (including phenoxy) is 1. The molecule has 0 aliphatic carbocycles. The van der Waals surface area contributed by atoms with Crippen LogP contribution >= 0.6 is 0 Å². The minimum atomic E-state index is -0.159. The van der Waals surface area contributed by atoms with Crippen LogP contribution in [-0.2, 0) is 9.59 Å². The molecule has 0 aromatic heterocycles. The molecule has 19 heavy (non-hydrogen) atoms. The molecule has 0 fully saturated rings. The van der Waals surface area contributed by atoms with E-state index in [1.165, 1.54) is 6.92 Å². The molecule has 0 heterocycles. The topological polar surface area (TPSA) is 67.4 Å². The van der Waals surface area contributed by atoms with E-state index in [1.54, 1.807) is 6.07 Å². The Morgan fingerprint density at radius 1 is 1.26 bits per heavy atom. The fraction of sp³-hybridized carbons (Fsp3) is 0.429. The number of benzene rings is 1. The summed E-state index contributed by atoms with van der Waals surface area (Å²) in [7, 11) is 0. The molecular formula is C14H20N2O3. The zero-order valence-corrected chi connectivity index (χ0v) is 11.5. The quantitative estimate of drug-likeness (QED) is 0.825. The summed E-state index contributed by atoms with van der Waals surface area (Å²) in [5, 5.41) is 5.35. The Kier molecular flexibility index (Phi) is 5.85. The van der Waals surface area contributed by atoms with Crippen molar-refractivity contribution in [3.05, 3.63) is 24.3 Å². The molecule has 1 rings (SSSR count). The lowest BCUT2D eigenvalue weighted by molar-refractivity contribution is -0.119. The highest BCUT2D eigenvalue weighted by Gasteiger charge is 2.08. The SMILES string of the molecule is CC(=O)NCCC(=O)Nc1ccccc1OC(C)C. The maximum Gasteiger partial charge on any atom is 0.226 e. The molecule has 0 saturated carbocycles. The van der Waals surface area contributed by atoms with Crippen LogP contribution in [0.1, 0.15) is 27.2 Å². The number of amides is 2. The molecule has 0 aliphatic rings. The normalized spacial score (nSPS) is 10.1.